The van der Waals surface area contributed by atoms with Crippen LogP contribution >= 0.6 is 0 Å². The first-order chi connectivity index (χ1) is 10.0. The van der Waals surface area contributed by atoms with Gasteiger partial charge in [0.2, 0.25) is 10.0 Å². The van der Waals surface area contributed by atoms with Gasteiger partial charge in [0.1, 0.15) is 0 Å². The molecule has 1 aromatic carbocycles. The highest BCUT2D eigenvalue weighted by Crippen LogP contribution is 2.26. The number of rotatable bonds is 6. The number of nitrogens with zero attached hydrogens (tertiary/aromatic N) is 1. The van der Waals surface area contributed by atoms with E-state index in [4.69, 9.17) is 5.73 Å². The van der Waals surface area contributed by atoms with Crippen molar-refractivity contribution in [2.24, 2.45) is 5.73 Å². The van der Waals surface area contributed by atoms with E-state index >= 15 is 0 Å². The van der Waals surface area contributed by atoms with Crippen LogP contribution in [0.1, 0.15) is 44.6 Å². The third-order valence-electron chi connectivity index (χ3n) is 4.14. The second kappa shape index (κ2) is 7.38. The average molecular weight is 310 g/mol. The number of benzene rings is 1. The van der Waals surface area contributed by atoms with Crippen molar-refractivity contribution in [3.8, 4) is 0 Å². The van der Waals surface area contributed by atoms with E-state index in [-0.39, 0.29) is 17.8 Å². The molecule has 0 atom stereocenters. The highest BCUT2D eigenvalue weighted by Gasteiger charge is 2.31. The highest BCUT2D eigenvalue weighted by molar-refractivity contribution is 7.88. The minimum absolute atomic E-state index is 0.0936. The number of sulfonamides is 1. The zero-order valence-electron chi connectivity index (χ0n) is 12.7. The van der Waals surface area contributed by atoms with Gasteiger partial charge >= 0.3 is 0 Å². The van der Waals surface area contributed by atoms with Crippen LogP contribution in [0.2, 0.25) is 0 Å². The number of nitrogens with two attached hydrogens (primary N) is 1. The first-order valence-electron chi connectivity index (χ1n) is 7.82. The van der Waals surface area contributed by atoms with Gasteiger partial charge in [-0.3, -0.25) is 0 Å². The standard InChI is InChI=1S/C16H26N2O2S/c1-2-12-18(16-10-8-15(17)9-11-16)21(19,20)13-14-6-4-3-5-7-14/h3-7,15-16H,2,8-13,17H2,1H3. The first-order valence-corrected chi connectivity index (χ1v) is 9.43. The van der Waals surface area contributed by atoms with E-state index in [1.165, 1.54) is 0 Å². The molecule has 1 aromatic rings. The summed E-state index contributed by atoms with van der Waals surface area (Å²) in [4.78, 5) is 0. The van der Waals surface area contributed by atoms with E-state index in [0.29, 0.717) is 6.54 Å². The fraction of sp³-hybridized carbons (Fsp3) is 0.625. The maximum Gasteiger partial charge on any atom is 0.218 e. The van der Waals surface area contributed by atoms with Crippen LogP contribution in [0.3, 0.4) is 0 Å². The monoisotopic (exact) mass is 310 g/mol. The molecule has 5 heteroatoms. The van der Waals surface area contributed by atoms with Crippen molar-refractivity contribution in [1.29, 1.82) is 0 Å². The molecular weight excluding hydrogens is 284 g/mol. The summed E-state index contributed by atoms with van der Waals surface area (Å²) < 4.78 is 27.3. The predicted octanol–water partition coefficient (Wildman–Crippen LogP) is 2.50. The summed E-state index contributed by atoms with van der Waals surface area (Å²) in [6.07, 6.45) is 4.46. The van der Waals surface area contributed by atoms with Crippen molar-refractivity contribution in [2.75, 3.05) is 6.54 Å². The summed E-state index contributed by atoms with van der Waals surface area (Å²) in [6.45, 7) is 2.63. The smallest absolute Gasteiger partial charge is 0.218 e. The van der Waals surface area contributed by atoms with Crippen LogP contribution in [0.4, 0.5) is 0 Å². The minimum atomic E-state index is -3.26. The molecule has 1 saturated carbocycles. The Morgan fingerprint density at radius 3 is 2.33 bits per heavy atom. The summed E-state index contributed by atoms with van der Waals surface area (Å²) in [5, 5.41) is 0. The molecule has 0 heterocycles. The van der Waals surface area contributed by atoms with Crippen molar-refractivity contribution in [2.45, 2.75) is 56.9 Å². The van der Waals surface area contributed by atoms with Crippen molar-refractivity contribution < 1.29 is 8.42 Å². The normalized spacial score (nSPS) is 23.4. The molecule has 1 fully saturated rings. The van der Waals surface area contributed by atoms with Gasteiger partial charge in [-0.15, -0.1) is 0 Å². The van der Waals surface area contributed by atoms with Crippen LogP contribution in [0, 0.1) is 0 Å². The second-order valence-electron chi connectivity index (χ2n) is 5.92. The molecule has 2 N–H and O–H groups in total. The Labute approximate surface area is 128 Å². The van der Waals surface area contributed by atoms with Gasteiger partial charge < -0.3 is 5.73 Å². The maximum atomic E-state index is 12.8. The minimum Gasteiger partial charge on any atom is -0.328 e. The Bertz CT molecular complexity index is 522. The fourth-order valence-electron chi connectivity index (χ4n) is 3.03. The van der Waals surface area contributed by atoms with E-state index in [0.717, 1.165) is 37.7 Å². The van der Waals surface area contributed by atoms with Crippen LogP contribution in [-0.4, -0.2) is 31.4 Å². The molecule has 1 aliphatic carbocycles. The van der Waals surface area contributed by atoms with Gasteiger partial charge in [0.15, 0.2) is 0 Å². The number of hydrogen-bond acceptors (Lipinski definition) is 3. The zero-order chi connectivity index (χ0) is 15.3. The quantitative estimate of drug-likeness (QED) is 0.878. The molecule has 4 nitrogen and oxygen atoms in total. The Hall–Kier alpha value is -0.910. The van der Waals surface area contributed by atoms with Crippen LogP contribution in [-0.2, 0) is 15.8 Å². The van der Waals surface area contributed by atoms with Crippen LogP contribution in [0.5, 0.6) is 0 Å². The Morgan fingerprint density at radius 2 is 1.76 bits per heavy atom. The maximum absolute atomic E-state index is 12.8. The lowest BCUT2D eigenvalue weighted by Gasteiger charge is -2.35. The molecule has 0 unspecified atom stereocenters. The third-order valence-corrected chi connectivity index (χ3v) is 6.04. The highest BCUT2D eigenvalue weighted by atomic mass is 32.2. The van der Waals surface area contributed by atoms with Gasteiger partial charge in [0, 0.05) is 18.6 Å². The Balaban J connectivity index is 2.12. The molecule has 0 aromatic heterocycles. The Morgan fingerprint density at radius 1 is 1.14 bits per heavy atom. The van der Waals surface area contributed by atoms with E-state index < -0.39 is 10.0 Å². The van der Waals surface area contributed by atoms with Gasteiger partial charge in [-0.25, -0.2) is 8.42 Å². The van der Waals surface area contributed by atoms with E-state index in [2.05, 4.69) is 0 Å². The second-order valence-corrected chi connectivity index (χ2v) is 7.84. The molecular formula is C16H26N2O2S. The summed E-state index contributed by atoms with van der Waals surface area (Å²) in [5.41, 5.74) is 6.79. The van der Waals surface area contributed by atoms with Crippen molar-refractivity contribution in [1.82, 2.24) is 4.31 Å². The van der Waals surface area contributed by atoms with Gasteiger partial charge in [-0.1, -0.05) is 37.3 Å². The molecule has 21 heavy (non-hydrogen) atoms. The zero-order valence-corrected chi connectivity index (χ0v) is 13.6. The topological polar surface area (TPSA) is 63.4 Å². The Kier molecular flexibility index (Phi) is 5.79. The van der Waals surface area contributed by atoms with Crippen LogP contribution in [0.15, 0.2) is 30.3 Å². The average Bonchev–Trinajstić information content (AvgIpc) is 2.46. The molecule has 118 valence electrons. The molecule has 0 amide bonds. The molecule has 0 aliphatic heterocycles. The largest absolute Gasteiger partial charge is 0.328 e. The lowest BCUT2D eigenvalue weighted by atomic mass is 9.92. The molecule has 0 bridgehead atoms. The van der Waals surface area contributed by atoms with Crippen LogP contribution in [0.25, 0.3) is 0 Å². The molecule has 2 rings (SSSR count). The van der Waals surface area contributed by atoms with Gasteiger partial charge in [-0.2, -0.15) is 4.31 Å². The molecule has 0 radical (unpaired) electrons. The SMILES string of the molecule is CCCN(C1CCC(N)CC1)S(=O)(=O)Cc1ccccc1. The van der Waals surface area contributed by atoms with Gasteiger partial charge in [0.05, 0.1) is 5.75 Å². The summed E-state index contributed by atoms with van der Waals surface area (Å²) in [5.74, 6) is 0.0936. The first kappa shape index (κ1) is 16.5. The lowest BCUT2D eigenvalue weighted by molar-refractivity contribution is 0.240. The predicted molar refractivity (Wildman–Crippen MR) is 86.3 cm³/mol. The van der Waals surface area contributed by atoms with Gasteiger partial charge in [0.25, 0.3) is 0 Å². The molecule has 0 spiro atoms. The molecule has 0 saturated heterocycles. The van der Waals surface area contributed by atoms with E-state index in [9.17, 15) is 8.42 Å². The summed E-state index contributed by atoms with van der Waals surface area (Å²) in [7, 11) is -3.26. The van der Waals surface area contributed by atoms with Crippen molar-refractivity contribution in [3.05, 3.63) is 35.9 Å². The summed E-state index contributed by atoms with van der Waals surface area (Å²) in [6, 6.07) is 9.78. The van der Waals surface area contributed by atoms with Crippen LogP contribution < -0.4 is 5.73 Å². The van der Waals surface area contributed by atoms with Crippen molar-refractivity contribution >= 4 is 10.0 Å². The fourth-order valence-corrected chi connectivity index (χ4v) is 4.93. The van der Waals surface area contributed by atoms with Gasteiger partial charge in [-0.05, 0) is 37.7 Å². The summed E-state index contributed by atoms with van der Waals surface area (Å²) >= 11 is 0. The lowest BCUT2D eigenvalue weighted by Crippen LogP contribution is -2.45. The van der Waals surface area contributed by atoms with E-state index in [1.54, 1.807) is 4.31 Å². The van der Waals surface area contributed by atoms with Crippen molar-refractivity contribution in [3.63, 3.8) is 0 Å². The number of hydrogen-bond donors (Lipinski definition) is 1. The van der Waals surface area contributed by atoms with E-state index in [1.807, 2.05) is 37.3 Å². The third kappa shape index (κ3) is 4.53. The molecule has 1 aliphatic rings.